The quantitative estimate of drug-likeness (QED) is 0.773. The van der Waals surface area contributed by atoms with E-state index in [1.165, 1.54) is 24.0 Å². The Kier molecular flexibility index (Phi) is 6.42. The van der Waals surface area contributed by atoms with Crippen LogP contribution in [0.2, 0.25) is 0 Å². The van der Waals surface area contributed by atoms with Crippen molar-refractivity contribution in [3.8, 4) is 5.75 Å². The van der Waals surface area contributed by atoms with E-state index >= 15 is 0 Å². The van der Waals surface area contributed by atoms with Gasteiger partial charge in [0, 0.05) is 5.69 Å². The molecule has 2 rings (SSSR count). The molecule has 0 saturated heterocycles. The van der Waals surface area contributed by atoms with Crippen LogP contribution in [0.1, 0.15) is 43.4 Å². The van der Waals surface area contributed by atoms with Gasteiger partial charge in [-0.05, 0) is 74.6 Å². The molecule has 3 heteroatoms. The summed E-state index contributed by atoms with van der Waals surface area (Å²) >= 11 is 0. The van der Waals surface area contributed by atoms with Crippen LogP contribution in [0.25, 0.3) is 0 Å². The highest BCUT2D eigenvalue weighted by Gasteiger charge is 2.15. The number of carbonyl (C=O) groups is 1. The van der Waals surface area contributed by atoms with E-state index in [9.17, 15) is 4.79 Å². The number of hydrogen-bond acceptors (Lipinski definition) is 2. The van der Waals surface area contributed by atoms with E-state index in [1.54, 1.807) is 6.92 Å². The summed E-state index contributed by atoms with van der Waals surface area (Å²) in [6.07, 6.45) is 2.90. The molecule has 0 spiro atoms. The second kappa shape index (κ2) is 8.53. The number of rotatable bonds is 7. The van der Waals surface area contributed by atoms with Crippen molar-refractivity contribution < 1.29 is 9.53 Å². The van der Waals surface area contributed by atoms with Gasteiger partial charge in [-0.2, -0.15) is 0 Å². The van der Waals surface area contributed by atoms with E-state index in [4.69, 9.17) is 4.74 Å². The summed E-state index contributed by atoms with van der Waals surface area (Å²) in [5.74, 6) is 0.574. The van der Waals surface area contributed by atoms with E-state index in [0.717, 1.165) is 23.4 Å². The van der Waals surface area contributed by atoms with E-state index < -0.39 is 6.10 Å². The number of nitrogens with one attached hydrogen (secondary N) is 1. The van der Waals surface area contributed by atoms with Crippen LogP contribution in [-0.2, 0) is 11.2 Å². The highest BCUT2D eigenvalue weighted by atomic mass is 16.5. The van der Waals surface area contributed by atoms with Crippen molar-refractivity contribution in [2.24, 2.45) is 0 Å². The lowest BCUT2D eigenvalue weighted by atomic mass is 10.1. The molecule has 1 amide bonds. The van der Waals surface area contributed by atoms with Crippen molar-refractivity contribution in [1.82, 2.24) is 0 Å². The molecule has 0 aliphatic heterocycles. The number of amides is 1. The van der Waals surface area contributed by atoms with Gasteiger partial charge >= 0.3 is 0 Å². The second-order valence-electron chi connectivity index (χ2n) is 6.30. The minimum absolute atomic E-state index is 0.144. The normalized spacial score (nSPS) is 11.8. The van der Waals surface area contributed by atoms with Gasteiger partial charge in [0.15, 0.2) is 6.10 Å². The molecule has 24 heavy (non-hydrogen) atoms. The van der Waals surface area contributed by atoms with Gasteiger partial charge in [0.2, 0.25) is 0 Å². The van der Waals surface area contributed by atoms with Gasteiger partial charge in [0.05, 0.1) is 0 Å². The minimum Gasteiger partial charge on any atom is -0.481 e. The maximum Gasteiger partial charge on any atom is 0.265 e. The number of hydrogen-bond donors (Lipinski definition) is 1. The zero-order chi connectivity index (χ0) is 17.5. The molecule has 0 saturated carbocycles. The summed E-state index contributed by atoms with van der Waals surface area (Å²) in [6, 6.07) is 13.9. The third-order valence-corrected chi connectivity index (χ3v) is 4.20. The molecule has 2 aromatic rings. The van der Waals surface area contributed by atoms with E-state index in [1.807, 2.05) is 37.3 Å². The number of unbranched alkanes of at least 4 members (excludes halogenated alkanes) is 1. The lowest BCUT2D eigenvalue weighted by molar-refractivity contribution is -0.122. The summed E-state index contributed by atoms with van der Waals surface area (Å²) in [7, 11) is 0. The molecule has 1 atom stereocenters. The Hall–Kier alpha value is -2.29. The highest BCUT2D eigenvalue weighted by molar-refractivity contribution is 5.94. The monoisotopic (exact) mass is 325 g/mol. The van der Waals surface area contributed by atoms with Crippen LogP contribution in [0.5, 0.6) is 5.75 Å². The lowest BCUT2D eigenvalue weighted by Crippen LogP contribution is -2.30. The van der Waals surface area contributed by atoms with Gasteiger partial charge in [-0.25, -0.2) is 0 Å². The van der Waals surface area contributed by atoms with Crippen molar-refractivity contribution in [2.45, 2.75) is 53.1 Å². The molecule has 0 fully saturated rings. The van der Waals surface area contributed by atoms with Gasteiger partial charge in [0.25, 0.3) is 5.91 Å². The fourth-order valence-corrected chi connectivity index (χ4v) is 2.42. The lowest BCUT2D eigenvalue weighted by Gasteiger charge is -2.16. The van der Waals surface area contributed by atoms with Crippen LogP contribution in [0, 0.1) is 13.8 Å². The van der Waals surface area contributed by atoms with Gasteiger partial charge < -0.3 is 10.1 Å². The minimum atomic E-state index is -0.549. The number of anilines is 1. The fourth-order valence-electron chi connectivity index (χ4n) is 2.42. The first-order valence-corrected chi connectivity index (χ1v) is 8.63. The highest BCUT2D eigenvalue weighted by Crippen LogP contribution is 2.18. The van der Waals surface area contributed by atoms with Crippen LogP contribution >= 0.6 is 0 Å². The molecular formula is C21H27NO2. The molecule has 0 unspecified atom stereocenters. The Morgan fingerprint density at radius 2 is 1.79 bits per heavy atom. The number of aryl methyl sites for hydroxylation is 3. The molecule has 0 bridgehead atoms. The SMILES string of the molecule is CCCCc1ccc(NC(=O)[C@H](C)Oc2ccc(C)c(C)c2)cc1. The van der Waals surface area contributed by atoms with Gasteiger partial charge in [-0.3, -0.25) is 4.79 Å². The average molecular weight is 325 g/mol. The Morgan fingerprint density at radius 3 is 2.42 bits per heavy atom. The zero-order valence-electron chi connectivity index (χ0n) is 15.1. The van der Waals surface area contributed by atoms with Crippen molar-refractivity contribution in [1.29, 1.82) is 0 Å². The van der Waals surface area contributed by atoms with Crippen molar-refractivity contribution in [3.63, 3.8) is 0 Å². The summed E-state index contributed by atoms with van der Waals surface area (Å²) < 4.78 is 5.75. The largest absolute Gasteiger partial charge is 0.481 e. The molecule has 0 radical (unpaired) electrons. The van der Waals surface area contributed by atoms with Crippen LogP contribution < -0.4 is 10.1 Å². The number of carbonyl (C=O) groups excluding carboxylic acids is 1. The van der Waals surface area contributed by atoms with Gasteiger partial charge in [-0.1, -0.05) is 31.5 Å². The maximum absolute atomic E-state index is 12.3. The van der Waals surface area contributed by atoms with Crippen LogP contribution in [0.15, 0.2) is 42.5 Å². The number of benzene rings is 2. The first kappa shape index (κ1) is 18.1. The molecule has 0 heterocycles. The van der Waals surface area contributed by atoms with Gasteiger partial charge in [-0.15, -0.1) is 0 Å². The molecule has 0 aliphatic rings. The van der Waals surface area contributed by atoms with E-state index in [2.05, 4.69) is 31.3 Å². The average Bonchev–Trinajstić information content (AvgIpc) is 2.57. The van der Waals surface area contributed by atoms with Gasteiger partial charge in [0.1, 0.15) is 5.75 Å². The summed E-state index contributed by atoms with van der Waals surface area (Å²) in [5, 5.41) is 2.91. The summed E-state index contributed by atoms with van der Waals surface area (Å²) in [5.41, 5.74) is 4.47. The molecule has 0 aromatic heterocycles. The third-order valence-electron chi connectivity index (χ3n) is 4.20. The Morgan fingerprint density at radius 1 is 1.08 bits per heavy atom. The zero-order valence-corrected chi connectivity index (χ0v) is 15.1. The standard InChI is InChI=1S/C21H27NO2/c1-5-6-7-18-9-11-19(12-10-18)22-21(23)17(4)24-20-13-8-15(2)16(3)14-20/h8-14,17H,5-7H2,1-4H3,(H,22,23)/t17-/m0/s1. The first-order chi connectivity index (χ1) is 11.5. The number of ether oxygens (including phenoxy) is 1. The van der Waals surface area contributed by atoms with Crippen molar-refractivity contribution >= 4 is 11.6 Å². The van der Waals surface area contributed by atoms with Crippen LogP contribution in [0.4, 0.5) is 5.69 Å². The van der Waals surface area contributed by atoms with E-state index in [-0.39, 0.29) is 5.91 Å². The third kappa shape index (κ3) is 5.12. The molecule has 1 N–H and O–H groups in total. The van der Waals surface area contributed by atoms with Crippen molar-refractivity contribution in [2.75, 3.05) is 5.32 Å². The first-order valence-electron chi connectivity index (χ1n) is 8.63. The van der Waals surface area contributed by atoms with Crippen LogP contribution in [0.3, 0.4) is 0 Å². The smallest absolute Gasteiger partial charge is 0.265 e. The molecule has 3 nitrogen and oxygen atoms in total. The predicted molar refractivity (Wildman–Crippen MR) is 99.7 cm³/mol. The Bertz CT molecular complexity index is 677. The maximum atomic E-state index is 12.3. The topological polar surface area (TPSA) is 38.3 Å². The van der Waals surface area contributed by atoms with E-state index in [0.29, 0.717) is 0 Å². The predicted octanol–water partition coefficient (Wildman–Crippen LogP) is 5.05. The summed E-state index contributed by atoms with van der Waals surface area (Å²) in [6.45, 7) is 8.04. The molecule has 0 aliphatic carbocycles. The molecule has 2 aromatic carbocycles. The summed E-state index contributed by atoms with van der Waals surface area (Å²) in [4.78, 5) is 12.3. The van der Waals surface area contributed by atoms with Crippen molar-refractivity contribution in [3.05, 3.63) is 59.2 Å². The Balaban J connectivity index is 1.92. The van der Waals surface area contributed by atoms with Crippen LogP contribution in [-0.4, -0.2) is 12.0 Å². The fraction of sp³-hybridized carbons (Fsp3) is 0.381. The molecular weight excluding hydrogens is 298 g/mol. The molecule has 128 valence electrons. The second-order valence-corrected chi connectivity index (χ2v) is 6.30. The Labute approximate surface area is 145 Å².